The molecule has 11 heteroatoms. The molecular formula is C33H31BrF3N3O4. The number of ether oxygens (including phenoxy) is 4. The number of alkyl halides is 2. The zero-order chi connectivity index (χ0) is 31.4. The number of aliphatic imine (C=N–C) groups is 1. The van der Waals surface area contributed by atoms with Crippen LogP contribution in [0.4, 0.5) is 13.2 Å². The number of methoxy groups -OCH3 is 3. The lowest BCUT2D eigenvalue weighted by molar-refractivity contribution is -0.132. The van der Waals surface area contributed by atoms with Gasteiger partial charge in [-0.3, -0.25) is 0 Å². The van der Waals surface area contributed by atoms with Gasteiger partial charge in [0.1, 0.15) is 33.2 Å². The largest absolute Gasteiger partial charge is 0.497 e. The SMILES string of the molecule is COCCC1(c2nc(Br)ccc2F)N=C(NC(c2ccccc2)(c2ccc(OC)cc2)c2ccc(OC)cc2)OCC1(F)F. The molecule has 1 aliphatic heterocycles. The van der Waals surface area contributed by atoms with E-state index in [2.05, 4.69) is 31.2 Å². The average Bonchev–Trinajstić information content (AvgIpc) is 3.05. The van der Waals surface area contributed by atoms with Crippen molar-refractivity contribution in [3.8, 4) is 11.5 Å². The van der Waals surface area contributed by atoms with E-state index in [1.807, 2.05) is 54.6 Å². The van der Waals surface area contributed by atoms with Gasteiger partial charge >= 0.3 is 5.92 Å². The molecule has 44 heavy (non-hydrogen) atoms. The Labute approximate surface area is 262 Å². The van der Waals surface area contributed by atoms with E-state index in [0.29, 0.717) is 11.5 Å². The Morgan fingerprint density at radius 3 is 1.95 bits per heavy atom. The van der Waals surface area contributed by atoms with Gasteiger partial charge < -0.3 is 24.3 Å². The molecule has 1 atom stereocenters. The Bertz CT molecular complexity index is 1560. The standard InChI is InChI=1S/C33H31BrF3N3O4/c1-41-20-19-31(29-27(35)17-18-28(34)38-29)32(36,37)21-44-30(39-31)40-33(22-7-5-4-6-8-22,23-9-13-25(42-2)14-10-23)24-11-15-26(43-3)16-12-24/h4-18H,19-21H2,1-3H3,(H,39,40). The highest BCUT2D eigenvalue weighted by molar-refractivity contribution is 9.10. The lowest BCUT2D eigenvalue weighted by Gasteiger charge is -2.43. The van der Waals surface area contributed by atoms with Crippen LogP contribution in [0.25, 0.3) is 0 Å². The average molecular weight is 671 g/mol. The maximum Gasteiger partial charge on any atom is 0.312 e. The molecular weight excluding hydrogens is 639 g/mol. The molecule has 0 fully saturated rings. The Morgan fingerprint density at radius 2 is 1.41 bits per heavy atom. The van der Waals surface area contributed by atoms with Crippen LogP contribution in [-0.2, 0) is 20.6 Å². The van der Waals surface area contributed by atoms with Crippen LogP contribution in [0.15, 0.2) is 101 Å². The monoisotopic (exact) mass is 669 g/mol. The maximum absolute atomic E-state index is 16.0. The Morgan fingerprint density at radius 1 is 0.841 bits per heavy atom. The summed E-state index contributed by atoms with van der Waals surface area (Å²) in [7, 11) is 4.52. The van der Waals surface area contributed by atoms with Crippen molar-refractivity contribution in [2.75, 3.05) is 34.5 Å². The van der Waals surface area contributed by atoms with Gasteiger partial charge in [-0.15, -0.1) is 0 Å². The van der Waals surface area contributed by atoms with Crippen LogP contribution in [0.5, 0.6) is 11.5 Å². The van der Waals surface area contributed by atoms with E-state index >= 15 is 13.2 Å². The van der Waals surface area contributed by atoms with Gasteiger partial charge in [0.05, 0.1) is 14.2 Å². The van der Waals surface area contributed by atoms with Gasteiger partial charge in [-0.2, -0.15) is 8.78 Å². The molecule has 0 saturated carbocycles. The minimum Gasteiger partial charge on any atom is -0.497 e. The summed E-state index contributed by atoms with van der Waals surface area (Å²) in [5.41, 5.74) is -1.97. The van der Waals surface area contributed by atoms with Crippen LogP contribution in [0.3, 0.4) is 0 Å². The first-order chi connectivity index (χ1) is 21.2. The van der Waals surface area contributed by atoms with Crippen molar-refractivity contribution in [2.45, 2.75) is 23.4 Å². The summed E-state index contributed by atoms with van der Waals surface area (Å²) in [6, 6.07) is 26.4. The molecule has 1 aliphatic rings. The highest BCUT2D eigenvalue weighted by atomic mass is 79.9. The zero-order valence-electron chi connectivity index (χ0n) is 24.3. The number of nitrogens with one attached hydrogen (secondary N) is 1. The van der Waals surface area contributed by atoms with Gasteiger partial charge in [0.15, 0.2) is 12.1 Å². The smallest absolute Gasteiger partial charge is 0.312 e. The highest BCUT2D eigenvalue weighted by Crippen LogP contribution is 2.48. The first kappa shape index (κ1) is 31.3. The number of nitrogens with zero attached hydrogens (tertiary/aromatic N) is 2. The summed E-state index contributed by atoms with van der Waals surface area (Å²) in [5, 5.41) is 3.38. The Balaban J connectivity index is 1.78. The van der Waals surface area contributed by atoms with Gasteiger partial charge in [-0.1, -0.05) is 54.6 Å². The summed E-state index contributed by atoms with van der Waals surface area (Å²) < 4.78 is 69.3. The quantitative estimate of drug-likeness (QED) is 0.147. The molecule has 5 rings (SSSR count). The maximum atomic E-state index is 16.0. The van der Waals surface area contributed by atoms with Crippen molar-refractivity contribution in [3.63, 3.8) is 0 Å². The predicted octanol–water partition coefficient (Wildman–Crippen LogP) is 6.84. The molecule has 0 radical (unpaired) electrons. The van der Waals surface area contributed by atoms with Gasteiger partial charge in [0, 0.05) is 20.1 Å². The third-order valence-corrected chi connectivity index (χ3v) is 8.15. The fourth-order valence-electron chi connectivity index (χ4n) is 5.42. The van der Waals surface area contributed by atoms with Crippen molar-refractivity contribution in [2.24, 2.45) is 4.99 Å². The van der Waals surface area contributed by atoms with Crippen LogP contribution in [0.1, 0.15) is 28.8 Å². The van der Waals surface area contributed by atoms with E-state index < -0.39 is 35.1 Å². The minimum absolute atomic E-state index is 0.138. The topological polar surface area (TPSA) is 74.2 Å². The van der Waals surface area contributed by atoms with Crippen molar-refractivity contribution >= 4 is 22.0 Å². The molecule has 3 aromatic carbocycles. The van der Waals surface area contributed by atoms with Crippen LogP contribution in [0.2, 0.25) is 0 Å². The van der Waals surface area contributed by atoms with E-state index in [1.165, 1.54) is 13.2 Å². The fourth-order valence-corrected chi connectivity index (χ4v) is 5.73. The summed E-state index contributed by atoms with van der Waals surface area (Å²) in [6.07, 6.45) is -0.366. The van der Waals surface area contributed by atoms with Crippen LogP contribution >= 0.6 is 15.9 Å². The lowest BCUT2D eigenvalue weighted by atomic mass is 9.77. The van der Waals surface area contributed by atoms with Gasteiger partial charge in [0.2, 0.25) is 0 Å². The molecule has 0 aliphatic carbocycles. The van der Waals surface area contributed by atoms with Crippen LogP contribution in [-0.4, -0.2) is 51.5 Å². The first-order valence-corrected chi connectivity index (χ1v) is 14.5. The van der Waals surface area contributed by atoms with Crippen molar-refractivity contribution in [3.05, 3.63) is 124 Å². The molecule has 7 nitrogen and oxygen atoms in total. The van der Waals surface area contributed by atoms with E-state index in [0.717, 1.165) is 22.8 Å². The third kappa shape index (κ3) is 5.73. The highest BCUT2D eigenvalue weighted by Gasteiger charge is 2.61. The second-order valence-electron chi connectivity index (χ2n) is 10.2. The normalized spacial score (nSPS) is 17.8. The van der Waals surface area contributed by atoms with Gasteiger partial charge in [-0.25, -0.2) is 14.4 Å². The van der Waals surface area contributed by atoms with Crippen molar-refractivity contribution < 1.29 is 32.1 Å². The summed E-state index contributed by atoms with van der Waals surface area (Å²) in [5.74, 6) is -3.30. The van der Waals surface area contributed by atoms with E-state index in [-0.39, 0.29) is 23.7 Å². The number of aromatic nitrogens is 1. The summed E-state index contributed by atoms with van der Waals surface area (Å²) in [4.78, 5) is 8.63. The molecule has 4 aromatic rings. The third-order valence-electron chi connectivity index (χ3n) is 7.71. The number of amidine groups is 1. The van der Waals surface area contributed by atoms with Gasteiger partial charge in [-0.05, 0) is 69.0 Å². The minimum atomic E-state index is -3.64. The molecule has 2 heterocycles. The molecule has 230 valence electrons. The number of pyridine rings is 1. The summed E-state index contributed by atoms with van der Waals surface area (Å²) in [6.45, 7) is -1.22. The van der Waals surface area contributed by atoms with Crippen molar-refractivity contribution in [1.82, 2.24) is 10.3 Å². The number of rotatable bonds is 10. The first-order valence-electron chi connectivity index (χ1n) is 13.7. The molecule has 1 aromatic heterocycles. The van der Waals surface area contributed by atoms with Crippen LogP contribution in [0, 0.1) is 5.82 Å². The second kappa shape index (κ2) is 12.9. The van der Waals surface area contributed by atoms with E-state index in [9.17, 15) is 0 Å². The fraction of sp³-hybridized carbons (Fsp3) is 0.273. The van der Waals surface area contributed by atoms with E-state index in [1.54, 1.807) is 38.5 Å². The Kier molecular flexibility index (Phi) is 9.17. The number of benzene rings is 3. The molecule has 0 saturated heterocycles. The Hall–Kier alpha value is -4.09. The molecule has 0 amide bonds. The molecule has 0 spiro atoms. The number of hydrogen-bond donors (Lipinski definition) is 1. The number of hydrogen-bond acceptors (Lipinski definition) is 7. The van der Waals surface area contributed by atoms with Gasteiger partial charge in [0.25, 0.3) is 6.02 Å². The molecule has 1 N–H and O–H groups in total. The lowest BCUT2D eigenvalue weighted by Crippen LogP contribution is -2.57. The molecule has 0 bridgehead atoms. The predicted molar refractivity (Wildman–Crippen MR) is 164 cm³/mol. The van der Waals surface area contributed by atoms with E-state index in [4.69, 9.17) is 18.9 Å². The molecule has 1 unspecified atom stereocenters. The second-order valence-corrected chi connectivity index (χ2v) is 11.0. The zero-order valence-corrected chi connectivity index (χ0v) is 25.9. The van der Waals surface area contributed by atoms with Crippen LogP contribution < -0.4 is 14.8 Å². The van der Waals surface area contributed by atoms with Crippen molar-refractivity contribution in [1.29, 1.82) is 0 Å². The summed E-state index contributed by atoms with van der Waals surface area (Å²) >= 11 is 3.20. The number of halogens is 4.